The minimum Gasteiger partial charge on any atom is -0.389 e. The number of hydrogen-bond donors (Lipinski definition) is 2. The molecule has 4 nitrogen and oxygen atoms in total. The van der Waals surface area contributed by atoms with Crippen molar-refractivity contribution in [2.45, 2.75) is 66.3 Å². The van der Waals surface area contributed by atoms with Gasteiger partial charge < -0.3 is 11.1 Å². The molecule has 0 spiro atoms. The molecular weight excluding hydrogens is 280 g/mol. The maximum absolute atomic E-state index is 5.94. The summed E-state index contributed by atoms with van der Waals surface area (Å²) in [7, 11) is 0. The van der Waals surface area contributed by atoms with Crippen LogP contribution in [-0.4, -0.2) is 21.2 Å². The van der Waals surface area contributed by atoms with Crippen LogP contribution in [0.3, 0.4) is 0 Å². The molecule has 118 valence electrons. The molecular formula is C16H28N4S. The van der Waals surface area contributed by atoms with Gasteiger partial charge in [-0.05, 0) is 44.1 Å². The highest BCUT2D eigenvalue weighted by atomic mass is 32.1. The number of nitrogens with two attached hydrogens (primary N) is 1. The largest absolute Gasteiger partial charge is 0.389 e. The van der Waals surface area contributed by atoms with Gasteiger partial charge in [-0.2, -0.15) is 5.10 Å². The fourth-order valence-electron chi connectivity index (χ4n) is 2.43. The minimum absolute atomic E-state index is 0.326. The lowest BCUT2D eigenvalue weighted by molar-refractivity contribution is 0.526. The van der Waals surface area contributed by atoms with Crippen LogP contribution < -0.4 is 11.1 Å². The lowest BCUT2D eigenvalue weighted by Gasteiger charge is -2.20. The summed E-state index contributed by atoms with van der Waals surface area (Å²) in [6, 6.07) is 0.326. The Hall–Kier alpha value is -1.23. The van der Waals surface area contributed by atoms with E-state index in [0.717, 1.165) is 41.9 Å². The quantitative estimate of drug-likeness (QED) is 0.720. The second kappa shape index (κ2) is 8.27. The van der Waals surface area contributed by atoms with Gasteiger partial charge in [-0.15, -0.1) is 5.10 Å². The van der Waals surface area contributed by atoms with Gasteiger partial charge in [0.2, 0.25) is 0 Å². The summed E-state index contributed by atoms with van der Waals surface area (Å²) in [5.41, 5.74) is 8.92. The molecule has 0 saturated heterocycles. The Labute approximate surface area is 133 Å². The molecule has 0 radical (unpaired) electrons. The highest BCUT2D eigenvalue weighted by molar-refractivity contribution is 7.80. The van der Waals surface area contributed by atoms with Crippen molar-refractivity contribution >= 4 is 23.0 Å². The Bertz CT molecular complexity index is 485. The van der Waals surface area contributed by atoms with E-state index in [9.17, 15) is 0 Å². The Morgan fingerprint density at radius 2 is 1.81 bits per heavy atom. The predicted octanol–water partition coefficient (Wildman–Crippen LogP) is 3.47. The monoisotopic (exact) mass is 308 g/mol. The SMILES string of the molecule is CCc1nnc(NC(C)CCC(C)C)c(C(N)=S)c1CC. The summed E-state index contributed by atoms with van der Waals surface area (Å²) in [5, 5.41) is 12.1. The van der Waals surface area contributed by atoms with Gasteiger partial charge in [0.1, 0.15) is 4.99 Å². The minimum atomic E-state index is 0.326. The van der Waals surface area contributed by atoms with Crippen LogP contribution in [-0.2, 0) is 12.8 Å². The van der Waals surface area contributed by atoms with E-state index < -0.39 is 0 Å². The summed E-state index contributed by atoms with van der Waals surface area (Å²) in [4.78, 5) is 0.398. The van der Waals surface area contributed by atoms with Crippen molar-refractivity contribution < 1.29 is 0 Å². The molecule has 1 rings (SSSR count). The first-order chi connectivity index (χ1) is 9.90. The van der Waals surface area contributed by atoms with Gasteiger partial charge in [-0.25, -0.2) is 0 Å². The summed E-state index contributed by atoms with van der Waals surface area (Å²) >= 11 is 5.24. The van der Waals surface area contributed by atoms with Crippen molar-refractivity contribution in [1.29, 1.82) is 0 Å². The molecule has 0 aliphatic carbocycles. The van der Waals surface area contributed by atoms with Crippen molar-refractivity contribution in [1.82, 2.24) is 10.2 Å². The van der Waals surface area contributed by atoms with Gasteiger partial charge in [0.05, 0.1) is 11.3 Å². The van der Waals surface area contributed by atoms with Gasteiger partial charge in [-0.1, -0.05) is 39.9 Å². The standard InChI is InChI=1S/C16H28N4S/c1-6-12-13(7-2)19-20-16(14(12)15(17)21)18-11(5)9-8-10(3)4/h10-11H,6-9H2,1-5H3,(H2,17,21)(H,18,20). The fourth-order valence-corrected chi connectivity index (χ4v) is 2.65. The second-order valence-corrected chi connectivity index (χ2v) is 6.38. The molecule has 0 aliphatic rings. The average molecular weight is 308 g/mol. The highest BCUT2D eigenvalue weighted by Crippen LogP contribution is 2.22. The normalized spacial score (nSPS) is 12.5. The van der Waals surface area contributed by atoms with E-state index in [2.05, 4.69) is 50.1 Å². The smallest absolute Gasteiger partial charge is 0.159 e. The number of anilines is 1. The van der Waals surface area contributed by atoms with Crippen LogP contribution in [0.15, 0.2) is 0 Å². The van der Waals surface area contributed by atoms with Gasteiger partial charge in [0.15, 0.2) is 5.82 Å². The molecule has 1 aromatic heterocycles. The summed E-state index contributed by atoms with van der Waals surface area (Å²) < 4.78 is 0. The first-order valence-electron chi connectivity index (χ1n) is 7.85. The predicted molar refractivity (Wildman–Crippen MR) is 93.8 cm³/mol. The van der Waals surface area contributed by atoms with Crippen molar-refractivity contribution in [2.75, 3.05) is 5.32 Å². The molecule has 21 heavy (non-hydrogen) atoms. The van der Waals surface area contributed by atoms with Gasteiger partial charge in [0.25, 0.3) is 0 Å². The first-order valence-corrected chi connectivity index (χ1v) is 8.26. The molecule has 5 heteroatoms. The third-order valence-electron chi connectivity index (χ3n) is 3.65. The maximum atomic E-state index is 5.94. The molecule has 0 aliphatic heterocycles. The number of nitrogens with one attached hydrogen (secondary N) is 1. The summed E-state index contributed by atoms with van der Waals surface area (Å²) in [5.74, 6) is 1.43. The van der Waals surface area contributed by atoms with E-state index in [1.54, 1.807) is 0 Å². The first kappa shape index (κ1) is 17.8. The molecule has 0 amide bonds. The Morgan fingerprint density at radius 1 is 1.14 bits per heavy atom. The number of rotatable bonds is 8. The molecule has 3 N–H and O–H groups in total. The van der Waals surface area contributed by atoms with Crippen molar-refractivity contribution in [2.24, 2.45) is 11.7 Å². The third kappa shape index (κ3) is 4.92. The third-order valence-corrected chi connectivity index (χ3v) is 3.86. The van der Waals surface area contributed by atoms with Crippen LogP contribution in [0.1, 0.15) is 64.3 Å². The molecule has 0 saturated carbocycles. The molecule has 0 fully saturated rings. The Balaban J connectivity index is 3.04. The molecule has 0 aromatic carbocycles. The topological polar surface area (TPSA) is 63.8 Å². The zero-order valence-corrected chi connectivity index (χ0v) is 14.7. The second-order valence-electron chi connectivity index (χ2n) is 5.94. The lowest BCUT2D eigenvalue weighted by Crippen LogP contribution is -2.24. The van der Waals surface area contributed by atoms with Gasteiger partial charge in [0, 0.05) is 6.04 Å². The molecule has 1 heterocycles. The van der Waals surface area contributed by atoms with Gasteiger partial charge >= 0.3 is 0 Å². The zero-order valence-electron chi connectivity index (χ0n) is 13.9. The highest BCUT2D eigenvalue weighted by Gasteiger charge is 2.18. The van der Waals surface area contributed by atoms with E-state index in [1.807, 2.05) is 0 Å². The number of hydrogen-bond acceptors (Lipinski definition) is 4. The Morgan fingerprint density at radius 3 is 2.29 bits per heavy atom. The van der Waals surface area contributed by atoms with Crippen LogP contribution in [0, 0.1) is 5.92 Å². The average Bonchev–Trinajstić information content (AvgIpc) is 2.44. The van der Waals surface area contributed by atoms with E-state index in [-0.39, 0.29) is 0 Å². The number of thiocarbonyl (C=S) groups is 1. The number of aromatic nitrogens is 2. The maximum Gasteiger partial charge on any atom is 0.159 e. The van der Waals surface area contributed by atoms with Crippen LogP contribution >= 0.6 is 12.2 Å². The molecule has 1 aromatic rings. The van der Waals surface area contributed by atoms with E-state index in [0.29, 0.717) is 16.9 Å². The number of nitrogens with zero attached hydrogens (tertiary/aromatic N) is 2. The van der Waals surface area contributed by atoms with Crippen molar-refractivity contribution in [3.63, 3.8) is 0 Å². The van der Waals surface area contributed by atoms with E-state index in [4.69, 9.17) is 18.0 Å². The lowest BCUT2D eigenvalue weighted by atomic mass is 10.0. The fraction of sp³-hybridized carbons (Fsp3) is 0.688. The van der Waals surface area contributed by atoms with Crippen LogP contribution in [0.5, 0.6) is 0 Å². The zero-order chi connectivity index (χ0) is 16.0. The van der Waals surface area contributed by atoms with E-state index in [1.165, 1.54) is 6.42 Å². The van der Waals surface area contributed by atoms with Crippen molar-refractivity contribution in [3.8, 4) is 0 Å². The molecule has 1 unspecified atom stereocenters. The Kier molecular flexibility index (Phi) is 7.02. The van der Waals surface area contributed by atoms with Gasteiger partial charge in [-0.3, -0.25) is 0 Å². The van der Waals surface area contributed by atoms with Crippen LogP contribution in [0.25, 0.3) is 0 Å². The van der Waals surface area contributed by atoms with Crippen molar-refractivity contribution in [3.05, 3.63) is 16.8 Å². The summed E-state index contributed by atoms with van der Waals surface area (Å²) in [6.07, 6.45) is 3.97. The molecule has 1 atom stereocenters. The van der Waals surface area contributed by atoms with E-state index >= 15 is 0 Å². The molecule has 0 bridgehead atoms. The van der Waals surface area contributed by atoms with Crippen LogP contribution in [0.4, 0.5) is 5.82 Å². The summed E-state index contributed by atoms with van der Waals surface area (Å²) in [6.45, 7) is 10.8. The number of aryl methyl sites for hydroxylation is 1. The van der Waals surface area contributed by atoms with Crippen LogP contribution in [0.2, 0.25) is 0 Å².